The lowest BCUT2D eigenvalue weighted by Gasteiger charge is -2.23. The lowest BCUT2D eigenvalue weighted by molar-refractivity contribution is -0.136. The summed E-state index contributed by atoms with van der Waals surface area (Å²) in [6, 6.07) is 25.2. The molecule has 0 unspecified atom stereocenters. The number of nitrogens with zero attached hydrogens (tertiary/aromatic N) is 1. The van der Waals surface area contributed by atoms with Crippen LogP contribution in [-0.4, -0.2) is 16.8 Å². The Morgan fingerprint density at radius 2 is 1.61 bits per heavy atom. The van der Waals surface area contributed by atoms with E-state index in [9.17, 15) is 14.7 Å². The lowest BCUT2D eigenvalue weighted by atomic mass is 9.87. The summed E-state index contributed by atoms with van der Waals surface area (Å²) in [7, 11) is 0. The predicted octanol–water partition coefficient (Wildman–Crippen LogP) is 6.15. The number of ketones is 1. The lowest BCUT2D eigenvalue weighted by Crippen LogP contribution is -2.41. The second-order valence-corrected chi connectivity index (χ2v) is 9.01. The number of hydrogen-bond acceptors (Lipinski definition) is 3. The fourth-order valence-corrected chi connectivity index (χ4v) is 4.71. The number of rotatable bonds is 5. The number of fused-ring (bicyclic) bond motifs is 2. The Morgan fingerprint density at radius 3 is 2.39 bits per heavy atom. The third-order valence-corrected chi connectivity index (χ3v) is 6.67. The van der Waals surface area contributed by atoms with Gasteiger partial charge in [-0.25, -0.2) is 0 Å². The number of amides is 1. The molecule has 1 aliphatic heterocycles. The summed E-state index contributed by atoms with van der Waals surface area (Å²) in [6.45, 7) is 0.166. The van der Waals surface area contributed by atoms with Crippen LogP contribution in [0, 0.1) is 0 Å². The van der Waals surface area contributed by atoms with Gasteiger partial charge in [0.2, 0.25) is 0 Å². The van der Waals surface area contributed by atoms with Gasteiger partial charge < -0.3 is 10.0 Å². The average Bonchev–Trinajstić information content (AvgIpc) is 3.01. The van der Waals surface area contributed by atoms with E-state index < -0.39 is 17.9 Å². The first-order chi connectivity index (χ1) is 15.9. The van der Waals surface area contributed by atoms with Crippen LogP contribution in [0.2, 0.25) is 10.0 Å². The summed E-state index contributed by atoms with van der Waals surface area (Å²) in [5.41, 5.74) is -0.0228. The topological polar surface area (TPSA) is 57.6 Å². The zero-order valence-electron chi connectivity index (χ0n) is 17.5. The van der Waals surface area contributed by atoms with Crippen molar-refractivity contribution in [3.8, 4) is 0 Å². The smallest absolute Gasteiger partial charge is 0.264 e. The molecule has 4 aromatic carbocycles. The Labute approximate surface area is 201 Å². The maximum Gasteiger partial charge on any atom is 0.264 e. The zero-order valence-corrected chi connectivity index (χ0v) is 19.0. The quantitative estimate of drug-likeness (QED) is 0.352. The van der Waals surface area contributed by atoms with E-state index in [1.165, 1.54) is 4.90 Å². The SMILES string of the molecule is O=C(C[C@]1(O)C(=O)N(Cc2ccccc2Cl)c2ccc(Cl)cc21)c1ccc2ccccc2c1. The molecule has 5 rings (SSSR count). The molecule has 0 radical (unpaired) electrons. The van der Waals surface area contributed by atoms with Crippen molar-refractivity contribution < 1.29 is 14.7 Å². The van der Waals surface area contributed by atoms with E-state index in [0.29, 0.717) is 26.9 Å². The summed E-state index contributed by atoms with van der Waals surface area (Å²) in [5, 5.41) is 14.4. The molecule has 164 valence electrons. The van der Waals surface area contributed by atoms with Gasteiger partial charge >= 0.3 is 0 Å². The molecule has 1 aliphatic rings. The van der Waals surface area contributed by atoms with Gasteiger partial charge in [-0.3, -0.25) is 9.59 Å². The highest BCUT2D eigenvalue weighted by Gasteiger charge is 2.51. The van der Waals surface area contributed by atoms with E-state index in [-0.39, 0.29) is 12.3 Å². The van der Waals surface area contributed by atoms with Crippen LogP contribution in [0.1, 0.15) is 27.9 Å². The zero-order chi connectivity index (χ0) is 23.2. The predicted molar refractivity (Wildman–Crippen MR) is 131 cm³/mol. The molecular formula is C27H19Cl2NO3. The van der Waals surface area contributed by atoms with E-state index in [1.807, 2.05) is 48.5 Å². The number of hydrogen-bond donors (Lipinski definition) is 1. The van der Waals surface area contributed by atoms with Crippen LogP contribution in [0.4, 0.5) is 5.69 Å². The molecule has 0 fully saturated rings. The number of benzene rings is 4. The molecule has 1 amide bonds. The molecule has 33 heavy (non-hydrogen) atoms. The monoisotopic (exact) mass is 475 g/mol. The van der Waals surface area contributed by atoms with Crippen LogP contribution >= 0.6 is 23.2 Å². The molecule has 0 spiro atoms. The van der Waals surface area contributed by atoms with Crippen molar-refractivity contribution in [1.29, 1.82) is 0 Å². The Balaban J connectivity index is 1.52. The standard InChI is InChI=1S/C27H19Cl2NO3/c28-21-11-12-24-22(14-21)27(33,26(32)30(24)16-20-7-3-4-8-23(20)29)15-25(31)19-10-9-17-5-1-2-6-18(17)13-19/h1-14,33H,15-16H2/t27-/m1/s1. The van der Waals surface area contributed by atoms with E-state index in [1.54, 1.807) is 36.4 Å². The van der Waals surface area contributed by atoms with Crippen molar-refractivity contribution in [1.82, 2.24) is 0 Å². The van der Waals surface area contributed by atoms with E-state index in [0.717, 1.165) is 16.3 Å². The maximum absolute atomic E-state index is 13.5. The first-order valence-corrected chi connectivity index (χ1v) is 11.2. The third-order valence-electron chi connectivity index (χ3n) is 6.07. The highest BCUT2D eigenvalue weighted by Crippen LogP contribution is 2.45. The van der Waals surface area contributed by atoms with Crippen molar-refractivity contribution in [2.75, 3.05) is 4.90 Å². The largest absolute Gasteiger partial charge is 0.375 e. The van der Waals surface area contributed by atoms with Crippen molar-refractivity contribution in [2.45, 2.75) is 18.6 Å². The first-order valence-electron chi connectivity index (χ1n) is 10.5. The van der Waals surface area contributed by atoms with Crippen LogP contribution in [0.5, 0.6) is 0 Å². The van der Waals surface area contributed by atoms with E-state index in [2.05, 4.69) is 0 Å². The molecule has 1 N–H and O–H groups in total. The van der Waals surface area contributed by atoms with Crippen LogP contribution in [0.15, 0.2) is 84.9 Å². The van der Waals surface area contributed by atoms with Crippen LogP contribution < -0.4 is 4.90 Å². The second kappa shape index (κ2) is 8.31. The van der Waals surface area contributed by atoms with Gasteiger partial charge in [-0.15, -0.1) is 0 Å². The summed E-state index contributed by atoms with van der Waals surface area (Å²) >= 11 is 12.5. The highest BCUT2D eigenvalue weighted by molar-refractivity contribution is 6.31. The number of anilines is 1. The van der Waals surface area contributed by atoms with Gasteiger partial charge in [0.15, 0.2) is 11.4 Å². The van der Waals surface area contributed by atoms with Crippen LogP contribution in [0.3, 0.4) is 0 Å². The van der Waals surface area contributed by atoms with Gasteiger partial charge in [0, 0.05) is 21.2 Å². The normalized spacial score (nSPS) is 17.4. The molecule has 0 aromatic heterocycles. The number of halogens is 2. The van der Waals surface area contributed by atoms with Crippen LogP contribution in [-0.2, 0) is 16.9 Å². The van der Waals surface area contributed by atoms with Crippen LogP contribution in [0.25, 0.3) is 10.8 Å². The maximum atomic E-state index is 13.5. The molecule has 0 saturated carbocycles. The second-order valence-electron chi connectivity index (χ2n) is 8.17. The Hall–Kier alpha value is -3.18. The van der Waals surface area contributed by atoms with Gasteiger partial charge in [0.25, 0.3) is 5.91 Å². The number of carbonyl (C=O) groups is 2. The molecular weight excluding hydrogens is 457 g/mol. The van der Waals surface area contributed by atoms with Gasteiger partial charge in [-0.1, -0.05) is 77.8 Å². The average molecular weight is 476 g/mol. The Morgan fingerprint density at radius 1 is 0.879 bits per heavy atom. The molecule has 0 bridgehead atoms. The summed E-state index contributed by atoms with van der Waals surface area (Å²) in [5.74, 6) is -0.907. The molecule has 6 heteroatoms. The van der Waals surface area contributed by atoms with Crippen molar-refractivity contribution in [2.24, 2.45) is 0 Å². The molecule has 0 saturated heterocycles. The fraction of sp³-hybridized carbons (Fsp3) is 0.111. The molecule has 4 nitrogen and oxygen atoms in total. The minimum atomic E-state index is -2.02. The molecule has 0 aliphatic carbocycles. The van der Waals surface area contributed by atoms with Crippen molar-refractivity contribution in [3.05, 3.63) is 112 Å². The van der Waals surface area contributed by atoms with Gasteiger partial charge in [-0.05, 0) is 46.7 Å². The number of Topliss-reactive ketones (excluding diaryl/α,β-unsaturated/α-hetero) is 1. The minimum Gasteiger partial charge on any atom is -0.375 e. The highest BCUT2D eigenvalue weighted by atomic mass is 35.5. The fourth-order valence-electron chi connectivity index (χ4n) is 4.34. The van der Waals surface area contributed by atoms with Gasteiger partial charge in [0.1, 0.15) is 0 Å². The molecule has 1 atom stereocenters. The van der Waals surface area contributed by atoms with E-state index >= 15 is 0 Å². The summed E-state index contributed by atoms with van der Waals surface area (Å²) < 4.78 is 0. The third kappa shape index (κ3) is 3.80. The number of aliphatic hydroxyl groups is 1. The Bertz CT molecular complexity index is 1420. The van der Waals surface area contributed by atoms with Gasteiger partial charge in [0.05, 0.1) is 18.7 Å². The molecule has 1 heterocycles. The van der Waals surface area contributed by atoms with E-state index in [4.69, 9.17) is 23.2 Å². The minimum absolute atomic E-state index is 0.166. The summed E-state index contributed by atoms with van der Waals surface area (Å²) in [6.07, 6.45) is -0.392. The van der Waals surface area contributed by atoms with Crippen molar-refractivity contribution >= 4 is 51.4 Å². The first kappa shape index (κ1) is 21.7. The summed E-state index contributed by atoms with van der Waals surface area (Å²) in [4.78, 5) is 28.2. The molecule has 4 aromatic rings. The van der Waals surface area contributed by atoms with Gasteiger partial charge in [-0.2, -0.15) is 0 Å². The van der Waals surface area contributed by atoms with Crippen molar-refractivity contribution in [3.63, 3.8) is 0 Å². The Kier molecular flexibility index (Phi) is 5.45. The number of carbonyl (C=O) groups excluding carboxylic acids is 2.